The number of hydrogen-bond donors (Lipinski definition) is 0. The lowest BCUT2D eigenvalue weighted by molar-refractivity contribution is 0.487. The number of hydrogen-bond acceptors (Lipinski definition) is 1. The van der Waals surface area contributed by atoms with Crippen LogP contribution in [0.25, 0.3) is 99.1 Å². The third-order valence-corrected chi connectivity index (χ3v) is 11.5. The van der Waals surface area contributed by atoms with E-state index in [9.17, 15) is 0 Å². The first-order chi connectivity index (χ1) is 27.3. The third-order valence-electron chi connectivity index (χ3n) is 11.5. The molecule has 0 unspecified atom stereocenters. The SMILES string of the molecule is c1ccc(-c2ccc(-n3c4ccccc4c4c5cccc6c5c(cc43)Oc3ccc(-c4ccc5c(c4)c4ccccc4n5-c4ccccc4)cc3-6)cc2)cc1. The van der Waals surface area contributed by atoms with Crippen LogP contribution in [0.3, 0.4) is 0 Å². The Morgan fingerprint density at radius 1 is 0.291 bits per heavy atom. The molecule has 2 aromatic heterocycles. The van der Waals surface area contributed by atoms with E-state index in [-0.39, 0.29) is 0 Å². The summed E-state index contributed by atoms with van der Waals surface area (Å²) >= 11 is 0. The van der Waals surface area contributed by atoms with Crippen molar-refractivity contribution in [2.45, 2.75) is 0 Å². The third kappa shape index (κ3) is 4.44. The quantitative estimate of drug-likeness (QED) is 0.179. The summed E-state index contributed by atoms with van der Waals surface area (Å²) in [6.45, 7) is 0. The zero-order valence-electron chi connectivity index (χ0n) is 29.8. The number of ether oxygens (including phenoxy) is 1. The van der Waals surface area contributed by atoms with Crippen LogP contribution < -0.4 is 4.74 Å². The Bertz CT molecular complexity index is 3320. The van der Waals surface area contributed by atoms with Crippen LogP contribution in [0.5, 0.6) is 11.5 Å². The highest BCUT2D eigenvalue weighted by molar-refractivity contribution is 6.25. The molecule has 0 aliphatic carbocycles. The highest BCUT2D eigenvalue weighted by Crippen LogP contribution is 2.51. The summed E-state index contributed by atoms with van der Waals surface area (Å²) in [7, 11) is 0. The smallest absolute Gasteiger partial charge is 0.138 e. The van der Waals surface area contributed by atoms with Crippen molar-refractivity contribution in [2.75, 3.05) is 0 Å². The van der Waals surface area contributed by atoms with Gasteiger partial charge >= 0.3 is 0 Å². The highest BCUT2D eigenvalue weighted by atomic mass is 16.5. The predicted molar refractivity (Wildman–Crippen MR) is 229 cm³/mol. The van der Waals surface area contributed by atoms with E-state index in [0.717, 1.165) is 44.9 Å². The normalized spacial score (nSPS) is 12.1. The van der Waals surface area contributed by atoms with Crippen molar-refractivity contribution in [1.82, 2.24) is 9.13 Å². The second-order valence-corrected chi connectivity index (χ2v) is 14.5. The molecule has 0 saturated carbocycles. The van der Waals surface area contributed by atoms with Gasteiger partial charge in [0, 0.05) is 49.9 Å². The fraction of sp³-hybridized carbons (Fsp3) is 0. The molecule has 3 heterocycles. The van der Waals surface area contributed by atoms with E-state index < -0.39 is 0 Å². The maximum Gasteiger partial charge on any atom is 0.138 e. The lowest BCUT2D eigenvalue weighted by Crippen LogP contribution is -1.99. The Morgan fingerprint density at radius 3 is 1.69 bits per heavy atom. The Kier molecular flexibility index (Phi) is 6.34. The highest BCUT2D eigenvalue weighted by Gasteiger charge is 2.25. The van der Waals surface area contributed by atoms with Crippen LogP contribution in [0.4, 0.5) is 0 Å². The van der Waals surface area contributed by atoms with Crippen molar-refractivity contribution in [3.05, 3.63) is 194 Å². The minimum atomic E-state index is 0.875. The Labute approximate surface area is 317 Å². The second-order valence-electron chi connectivity index (χ2n) is 14.5. The van der Waals surface area contributed by atoms with Crippen LogP contribution in [-0.4, -0.2) is 9.13 Å². The minimum Gasteiger partial charge on any atom is -0.456 e. The molecule has 11 aromatic rings. The Hall–Kier alpha value is -7.36. The predicted octanol–water partition coefficient (Wildman–Crippen LogP) is 14.1. The molecular weight excluding hydrogens is 669 g/mol. The number of para-hydroxylation sites is 3. The summed E-state index contributed by atoms with van der Waals surface area (Å²) in [5, 5.41) is 7.32. The largest absolute Gasteiger partial charge is 0.456 e. The lowest BCUT2D eigenvalue weighted by atomic mass is 9.90. The molecule has 0 amide bonds. The van der Waals surface area contributed by atoms with Crippen LogP contribution in [0.15, 0.2) is 194 Å². The molecule has 9 aromatic carbocycles. The maximum atomic E-state index is 6.88. The van der Waals surface area contributed by atoms with Crippen LogP contribution in [0.1, 0.15) is 0 Å². The average Bonchev–Trinajstić information content (AvgIpc) is 3.77. The van der Waals surface area contributed by atoms with Gasteiger partial charge in [-0.25, -0.2) is 0 Å². The second kappa shape index (κ2) is 11.6. The minimum absolute atomic E-state index is 0.875. The van der Waals surface area contributed by atoms with Gasteiger partial charge in [0.05, 0.1) is 22.1 Å². The van der Waals surface area contributed by atoms with Crippen LogP contribution in [0, 0.1) is 0 Å². The van der Waals surface area contributed by atoms with Crippen LogP contribution in [0.2, 0.25) is 0 Å². The fourth-order valence-electron chi connectivity index (χ4n) is 9.05. The Morgan fingerprint density at radius 2 is 0.873 bits per heavy atom. The van der Waals surface area contributed by atoms with Gasteiger partial charge < -0.3 is 13.9 Å². The van der Waals surface area contributed by atoms with E-state index in [1.807, 2.05) is 0 Å². The summed E-state index contributed by atoms with van der Waals surface area (Å²) < 4.78 is 11.6. The summed E-state index contributed by atoms with van der Waals surface area (Å²) in [6.07, 6.45) is 0. The molecule has 3 nitrogen and oxygen atoms in total. The van der Waals surface area contributed by atoms with Gasteiger partial charge in [-0.05, 0) is 93.9 Å². The van der Waals surface area contributed by atoms with E-state index in [0.29, 0.717) is 0 Å². The first kappa shape index (κ1) is 30.1. The van der Waals surface area contributed by atoms with Crippen molar-refractivity contribution in [3.8, 4) is 56.3 Å². The van der Waals surface area contributed by atoms with E-state index in [4.69, 9.17) is 4.74 Å². The van der Waals surface area contributed by atoms with E-state index in [2.05, 4.69) is 203 Å². The molecule has 0 saturated heterocycles. The van der Waals surface area contributed by atoms with Gasteiger partial charge in [-0.1, -0.05) is 127 Å². The number of benzene rings is 9. The van der Waals surface area contributed by atoms with Gasteiger partial charge in [0.2, 0.25) is 0 Å². The summed E-state index contributed by atoms with van der Waals surface area (Å²) in [5.41, 5.74) is 14.1. The molecule has 0 fully saturated rings. The maximum absolute atomic E-state index is 6.88. The molecule has 55 heavy (non-hydrogen) atoms. The van der Waals surface area contributed by atoms with Gasteiger partial charge in [-0.2, -0.15) is 0 Å². The summed E-state index contributed by atoms with van der Waals surface area (Å²) in [4.78, 5) is 0. The van der Waals surface area contributed by atoms with Crippen molar-refractivity contribution < 1.29 is 4.74 Å². The summed E-state index contributed by atoms with van der Waals surface area (Å²) in [5.74, 6) is 1.76. The van der Waals surface area contributed by atoms with E-state index in [1.54, 1.807) is 0 Å². The first-order valence-corrected chi connectivity index (χ1v) is 18.8. The average molecular weight is 701 g/mol. The van der Waals surface area contributed by atoms with Gasteiger partial charge in [0.15, 0.2) is 0 Å². The van der Waals surface area contributed by atoms with Crippen molar-refractivity contribution in [3.63, 3.8) is 0 Å². The van der Waals surface area contributed by atoms with Crippen molar-refractivity contribution >= 4 is 54.4 Å². The molecule has 1 aliphatic rings. The number of fused-ring (bicyclic) bond motifs is 9. The van der Waals surface area contributed by atoms with E-state index in [1.165, 1.54) is 65.7 Å². The van der Waals surface area contributed by atoms with Crippen molar-refractivity contribution in [2.24, 2.45) is 0 Å². The van der Waals surface area contributed by atoms with Crippen molar-refractivity contribution in [1.29, 1.82) is 0 Å². The van der Waals surface area contributed by atoms with Gasteiger partial charge in [-0.15, -0.1) is 0 Å². The van der Waals surface area contributed by atoms with Gasteiger partial charge in [0.25, 0.3) is 0 Å². The standard InChI is InChI=1S/C52H32N2O/c1-3-12-33(13-4-1)34-22-26-38(27-23-34)54-46-21-10-8-17-41(46)51-42-19-11-18-40-44-31-36(25-29-49(44)55-50(52(40)42)32-48(51)54)35-24-28-47-43(30-35)39-16-7-9-20-45(39)53(47)37-14-5-2-6-15-37/h1-32H. The summed E-state index contributed by atoms with van der Waals surface area (Å²) in [6, 6.07) is 70.0. The monoisotopic (exact) mass is 700 g/mol. The molecule has 0 bridgehead atoms. The molecular formula is C52H32N2O. The Balaban J connectivity index is 1.02. The molecule has 256 valence electrons. The molecule has 0 atom stereocenters. The number of aromatic nitrogens is 2. The number of rotatable bonds is 4. The van der Waals surface area contributed by atoms with E-state index >= 15 is 0 Å². The molecule has 1 aliphatic heterocycles. The fourth-order valence-corrected chi connectivity index (χ4v) is 9.05. The van der Waals surface area contributed by atoms with Gasteiger partial charge in [0.1, 0.15) is 11.5 Å². The lowest BCUT2D eigenvalue weighted by Gasteiger charge is -2.23. The zero-order chi connectivity index (χ0) is 36.0. The molecule has 0 N–H and O–H groups in total. The first-order valence-electron chi connectivity index (χ1n) is 18.8. The molecule has 3 heteroatoms. The van der Waals surface area contributed by atoms with Crippen LogP contribution in [-0.2, 0) is 0 Å². The van der Waals surface area contributed by atoms with Gasteiger partial charge in [-0.3, -0.25) is 0 Å². The zero-order valence-corrected chi connectivity index (χ0v) is 29.8. The molecule has 0 radical (unpaired) electrons. The molecule has 0 spiro atoms. The number of nitrogens with zero attached hydrogens (tertiary/aromatic N) is 2. The van der Waals surface area contributed by atoms with Crippen LogP contribution >= 0.6 is 0 Å². The molecule has 12 rings (SSSR count). The topological polar surface area (TPSA) is 19.1 Å².